The Kier molecular flexibility index (Phi) is 3.65. The van der Waals surface area contributed by atoms with E-state index in [2.05, 4.69) is 4.98 Å². The topological polar surface area (TPSA) is 50.3 Å². The number of carbonyl (C=O) groups excluding carboxylic acids is 2. The summed E-state index contributed by atoms with van der Waals surface area (Å²) in [5, 5.41) is 0. The molecule has 4 heteroatoms. The fourth-order valence-corrected chi connectivity index (χ4v) is 1.83. The van der Waals surface area contributed by atoms with Crippen molar-refractivity contribution < 1.29 is 9.59 Å². The lowest BCUT2D eigenvalue weighted by molar-refractivity contribution is -0.125. The molecule has 0 saturated carbocycles. The number of nitrogens with zero attached hydrogens (tertiary/aromatic N) is 2. The lowest BCUT2D eigenvalue weighted by atomic mass is 10.2. The second-order valence-corrected chi connectivity index (χ2v) is 3.91. The van der Waals surface area contributed by atoms with Crippen molar-refractivity contribution in [1.29, 1.82) is 0 Å². The fraction of sp³-hybridized carbons (Fsp3) is 0.308. The monoisotopic (exact) mass is 229 g/mol. The van der Waals surface area contributed by atoms with Gasteiger partial charge in [-0.3, -0.25) is 14.6 Å². The molecule has 0 atom stereocenters. The Bertz CT molecular complexity index is 434. The summed E-state index contributed by atoms with van der Waals surface area (Å²) in [6, 6.07) is 5.33. The lowest BCUT2D eigenvalue weighted by Gasteiger charge is -2.14. The molecule has 0 aliphatic carbocycles. The number of likely N-dealkylation sites (tertiary alicyclic amines) is 1. The molecular formula is C13H13N2O2. The number of hydrogen-bond acceptors (Lipinski definition) is 3. The molecule has 1 radical (unpaired) electrons. The molecule has 0 unspecified atom stereocenters. The van der Waals surface area contributed by atoms with Crippen LogP contribution in [-0.2, 0) is 9.59 Å². The van der Waals surface area contributed by atoms with E-state index in [1.807, 2.05) is 6.07 Å². The molecule has 4 nitrogen and oxygen atoms in total. The summed E-state index contributed by atoms with van der Waals surface area (Å²) in [6.07, 6.45) is 6.81. The summed E-state index contributed by atoms with van der Waals surface area (Å²) in [5.41, 5.74) is 0.643. The highest BCUT2D eigenvalue weighted by atomic mass is 16.2. The predicted octanol–water partition coefficient (Wildman–Crippen LogP) is 1.20. The minimum Gasteiger partial charge on any atom is -0.339 e. The second-order valence-electron chi connectivity index (χ2n) is 3.91. The molecule has 2 heterocycles. The highest BCUT2D eigenvalue weighted by Gasteiger charge is 2.21. The van der Waals surface area contributed by atoms with E-state index >= 15 is 0 Å². The average Bonchev–Trinajstić information content (AvgIpc) is 2.90. The van der Waals surface area contributed by atoms with Gasteiger partial charge in [0.2, 0.25) is 6.29 Å². The summed E-state index contributed by atoms with van der Waals surface area (Å²) in [4.78, 5) is 28.5. The maximum atomic E-state index is 11.9. The van der Waals surface area contributed by atoms with Gasteiger partial charge in [-0.2, -0.15) is 0 Å². The van der Waals surface area contributed by atoms with E-state index in [-0.39, 0.29) is 11.5 Å². The van der Waals surface area contributed by atoms with Crippen LogP contribution >= 0.6 is 0 Å². The van der Waals surface area contributed by atoms with Gasteiger partial charge in [-0.1, -0.05) is 6.07 Å². The Morgan fingerprint density at radius 1 is 1.35 bits per heavy atom. The minimum atomic E-state index is -0.247. The summed E-state index contributed by atoms with van der Waals surface area (Å²) < 4.78 is 0. The van der Waals surface area contributed by atoms with Crippen molar-refractivity contribution in [1.82, 2.24) is 9.88 Å². The number of rotatable bonds is 3. The van der Waals surface area contributed by atoms with E-state index in [1.165, 1.54) is 6.08 Å². The van der Waals surface area contributed by atoms with Gasteiger partial charge in [0.25, 0.3) is 5.91 Å². The Balaban J connectivity index is 2.18. The van der Waals surface area contributed by atoms with Crippen LogP contribution in [0.4, 0.5) is 0 Å². The predicted molar refractivity (Wildman–Crippen MR) is 63.7 cm³/mol. The van der Waals surface area contributed by atoms with Crippen molar-refractivity contribution >= 4 is 18.3 Å². The van der Waals surface area contributed by atoms with E-state index in [9.17, 15) is 9.59 Å². The molecule has 1 aromatic rings. The van der Waals surface area contributed by atoms with Crippen LogP contribution in [0.3, 0.4) is 0 Å². The molecule has 0 N–H and O–H groups in total. The third-order valence-corrected chi connectivity index (χ3v) is 2.71. The van der Waals surface area contributed by atoms with Crippen LogP contribution in [0.2, 0.25) is 0 Å². The van der Waals surface area contributed by atoms with Crippen molar-refractivity contribution in [2.45, 2.75) is 12.8 Å². The molecule has 2 rings (SSSR count). The third-order valence-electron chi connectivity index (χ3n) is 2.71. The molecule has 17 heavy (non-hydrogen) atoms. The van der Waals surface area contributed by atoms with Crippen molar-refractivity contribution in [2.24, 2.45) is 0 Å². The average molecular weight is 229 g/mol. The highest BCUT2D eigenvalue weighted by Crippen LogP contribution is 2.12. The van der Waals surface area contributed by atoms with Crippen molar-refractivity contribution in [3.8, 4) is 0 Å². The first kappa shape index (κ1) is 11.5. The van der Waals surface area contributed by atoms with Gasteiger partial charge in [0.05, 0.1) is 11.3 Å². The van der Waals surface area contributed by atoms with Crippen LogP contribution in [0.5, 0.6) is 0 Å². The van der Waals surface area contributed by atoms with Gasteiger partial charge in [0.15, 0.2) is 0 Å². The number of aromatic nitrogens is 1. The van der Waals surface area contributed by atoms with Crippen molar-refractivity contribution in [3.05, 3.63) is 35.7 Å². The molecule has 1 aliphatic heterocycles. The quantitative estimate of drug-likeness (QED) is 0.444. The first-order valence-corrected chi connectivity index (χ1v) is 5.61. The molecule has 1 fully saturated rings. The van der Waals surface area contributed by atoms with Gasteiger partial charge in [0.1, 0.15) is 0 Å². The summed E-state index contributed by atoms with van der Waals surface area (Å²) in [7, 11) is 0. The normalized spacial score (nSPS) is 16.0. The molecule has 0 aromatic carbocycles. The lowest BCUT2D eigenvalue weighted by Crippen LogP contribution is -2.29. The zero-order valence-corrected chi connectivity index (χ0v) is 9.43. The van der Waals surface area contributed by atoms with Crippen LogP contribution in [0.25, 0.3) is 6.08 Å². The summed E-state index contributed by atoms with van der Waals surface area (Å²) >= 11 is 0. The van der Waals surface area contributed by atoms with Gasteiger partial charge in [-0.15, -0.1) is 0 Å². The maximum absolute atomic E-state index is 11.9. The van der Waals surface area contributed by atoms with E-state index in [0.29, 0.717) is 5.69 Å². The number of carbonyl (C=O) groups is 1. The van der Waals surface area contributed by atoms with E-state index in [4.69, 9.17) is 0 Å². The van der Waals surface area contributed by atoms with Gasteiger partial charge < -0.3 is 4.90 Å². The Morgan fingerprint density at radius 3 is 2.71 bits per heavy atom. The molecule has 1 saturated heterocycles. The largest absolute Gasteiger partial charge is 0.339 e. The van der Waals surface area contributed by atoms with Crippen LogP contribution in [0.15, 0.2) is 30.0 Å². The minimum absolute atomic E-state index is 0.0469. The fourth-order valence-electron chi connectivity index (χ4n) is 1.83. The van der Waals surface area contributed by atoms with E-state index < -0.39 is 0 Å². The molecule has 0 spiro atoms. The molecule has 0 bridgehead atoms. The number of amides is 1. The molecule has 1 aromatic heterocycles. The standard InChI is InChI=1S/C13H13N2O2/c16-10-11(9-12-5-1-2-6-14-12)13(17)15-7-3-4-8-15/h1-2,5-6,9H,3-4,7-8H2/b11-9+. The van der Waals surface area contributed by atoms with Gasteiger partial charge in [-0.05, 0) is 31.1 Å². The summed E-state index contributed by atoms with van der Waals surface area (Å²) in [6.45, 7) is 1.44. The SMILES string of the molecule is O=[C]/C(=C\c1ccccn1)C(=O)N1CCCC1. The zero-order valence-electron chi connectivity index (χ0n) is 9.43. The van der Waals surface area contributed by atoms with Crippen LogP contribution in [-0.4, -0.2) is 35.2 Å². The number of pyridine rings is 1. The van der Waals surface area contributed by atoms with Crippen molar-refractivity contribution in [3.63, 3.8) is 0 Å². The van der Waals surface area contributed by atoms with Crippen LogP contribution < -0.4 is 0 Å². The second kappa shape index (κ2) is 5.39. The maximum Gasteiger partial charge on any atom is 0.258 e. The first-order chi connectivity index (χ1) is 8.31. The van der Waals surface area contributed by atoms with Crippen LogP contribution in [0, 0.1) is 0 Å². The summed E-state index contributed by atoms with van der Waals surface area (Å²) in [5.74, 6) is -0.247. The Morgan fingerprint density at radius 2 is 2.12 bits per heavy atom. The smallest absolute Gasteiger partial charge is 0.258 e. The van der Waals surface area contributed by atoms with Gasteiger partial charge >= 0.3 is 0 Å². The molecule has 87 valence electrons. The molecule has 1 aliphatic rings. The Labute approximate surface area is 100.0 Å². The van der Waals surface area contributed by atoms with E-state index in [1.54, 1.807) is 29.5 Å². The zero-order chi connectivity index (χ0) is 12.1. The van der Waals surface area contributed by atoms with Gasteiger partial charge in [0, 0.05) is 19.3 Å². The molecular weight excluding hydrogens is 216 g/mol. The Hall–Kier alpha value is -1.97. The van der Waals surface area contributed by atoms with Crippen LogP contribution in [0.1, 0.15) is 18.5 Å². The first-order valence-electron chi connectivity index (χ1n) is 5.61. The van der Waals surface area contributed by atoms with E-state index in [0.717, 1.165) is 25.9 Å². The van der Waals surface area contributed by atoms with Crippen molar-refractivity contribution in [2.75, 3.05) is 13.1 Å². The molecule has 1 amide bonds. The van der Waals surface area contributed by atoms with Gasteiger partial charge in [-0.25, -0.2) is 0 Å². The highest BCUT2D eigenvalue weighted by molar-refractivity contribution is 6.14. The number of hydrogen-bond donors (Lipinski definition) is 0. The third kappa shape index (κ3) is 2.78.